The molecule has 0 unspecified atom stereocenters. The van der Waals surface area contributed by atoms with E-state index >= 15 is 0 Å². The topological polar surface area (TPSA) is 109 Å². The maximum absolute atomic E-state index is 13.7. The van der Waals surface area contributed by atoms with E-state index in [1.54, 1.807) is 54.6 Å². The van der Waals surface area contributed by atoms with Crippen molar-refractivity contribution < 1.29 is 19.1 Å². The first-order valence-electron chi connectivity index (χ1n) is 11.9. The number of hydrogen-bond donors (Lipinski definition) is 2. The van der Waals surface area contributed by atoms with Crippen LogP contribution in [0.5, 0.6) is 5.75 Å². The number of hydrogen-bond acceptors (Lipinski definition) is 7. The number of benzene rings is 3. The number of nitrogens with one attached hydrogen (secondary N) is 2. The number of aromatic amines is 1. The summed E-state index contributed by atoms with van der Waals surface area (Å²) >= 11 is 2.28. The normalized spacial score (nSPS) is 20.1. The Labute approximate surface area is 225 Å². The molecule has 0 saturated carbocycles. The molecule has 3 heterocycles. The molecule has 190 valence electrons. The van der Waals surface area contributed by atoms with Gasteiger partial charge in [-0.25, -0.2) is 4.90 Å². The molecule has 3 amide bonds. The summed E-state index contributed by atoms with van der Waals surface area (Å²) in [6.07, 6.45) is 0. The number of H-pyrrole nitrogens is 1. The van der Waals surface area contributed by atoms with E-state index in [9.17, 15) is 19.2 Å². The fourth-order valence-corrected chi connectivity index (χ4v) is 7.39. The molecular formula is C28H21N3O5S2. The Morgan fingerprint density at radius 3 is 2.42 bits per heavy atom. The zero-order valence-electron chi connectivity index (χ0n) is 19.8. The van der Waals surface area contributed by atoms with Gasteiger partial charge in [0.2, 0.25) is 11.8 Å². The Hall–Kier alpha value is -4.15. The van der Waals surface area contributed by atoms with Gasteiger partial charge in [0, 0.05) is 16.5 Å². The summed E-state index contributed by atoms with van der Waals surface area (Å²) in [7, 11) is 0. The van der Waals surface area contributed by atoms with Crippen LogP contribution in [0.1, 0.15) is 16.4 Å². The highest BCUT2D eigenvalue weighted by Gasteiger charge is 2.56. The number of rotatable bonds is 6. The van der Waals surface area contributed by atoms with Crippen molar-refractivity contribution in [2.75, 3.05) is 16.8 Å². The van der Waals surface area contributed by atoms with Crippen LogP contribution in [-0.4, -0.2) is 34.6 Å². The van der Waals surface area contributed by atoms with E-state index in [0.717, 1.165) is 21.8 Å². The molecular weight excluding hydrogens is 522 g/mol. The Morgan fingerprint density at radius 1 is 0.921 bits per heavy atom. The van der Waals surface area contributed by atoms with Gasteiger partial charge < -0.3 is 15.0 Å². The van der Waals surface area contributed by atoms with Crippen LogP contribution in [0.25, 0.3) is 0 Å². The summed E-state index contributed by atoms with van der Waals surface area (Å²) in [6.45, 7) is -0.202. The van der Waals surface area contributed by atoms with E-state index in [1.807, 2.05) is 30.3 Å². The van der Waals surface area contributed by atoms with Crippen molar-refractivity contribution >= 4 is 52.2 Å². The van der Waals surface area contributed by atoms with E-state index < -0.39 is 17.1 Å². The van der Waals surface area contributed by atoms with Gasteiger partial charge in [-0.05, 0) is 42.0 Å². The lowest BCUT2D eigenvalue weighted by atomic mass is 9.83. The van der Waals surface area contributed by atoms with Gasteiger partial charge in [0.15, 0.2) is 6.61 Å². The average Bonchev–Trinajstić information content (AvgIpc) is 3.42. The van der Waals surface area contributed by atoms with E-state index in [2.05, 4.69) is 10.3 Å². The molecule has 1 aromatic heterocycles. The van der Waals surface area contributed by atoms with Gasteiger partial charge in [0.25, 0.3) is 5.91 Å². The summed E-state index contributed by atoms with van der Waals surface area (Å²) in [4.78, 5) is 56.4. The number of nitrogens with zero attached hydrogens (tertiary/aromatic N) is 1. The molecule has 2 aliphatic rings. The molecule has 3 aromatic carbocycles. The van der Waals surface area contributed by atoms with Crippen LogP contribution in [0.4, 0.5) is 11.4 Å². The van der Waals surface area contributed by atoms with Crippen LogP contribution in [0.15, 0.2) is 94.7 Å². The number of fused-ring (bicyclic) bond motifs is 2. The summed E-state index contributed by atoms with van der Waals surface area (Å²) in [5.41, 5.74) is 1.92. The fraction of sp³-hybridized carbons (Fsp3) is 0.143. The predicted molar refractivity (Wildman–Crippen MR) is 146 cm³/mol. The number of amides is 3. The highest BCUT2D eigenvalue weighted by Crippen LogP contribution is 2.53. The zero-order chi connectivity index (χ0) is 26.2. The minimum Gasteiger partial charge on any atom is -0.484 e. The van der Waals surface area contributed by atoms with Gasteiger partial charge in [-0.2, -0.15) is 0 Å². The van der Waals surface area contributed by atoms with Gasteiger partial charge in [-0.3, -0.25) is 19.2 Å². The van der Waals surface area contributed by atoms with Crippen molar-refractivity contribution in [2.24, 2.45) is 5.92 Å². The number of ether oxygens (including phenoxy) is 1. The monoisotopic (exact) mass is 543 g/mol. The van der Waals surface area contributed by atoms with Crippen molar-refractivity contribution in [3.63, 3.8) is 0 Å². The van der Waals surface area contributed by atoms with Gasteiger partial charge in [-0.1, -0.05) is 71.6 Å². The maximum Gasteiger partial charge on any atom is 0.305 e. The van der Waals surface area contributed by atoms with Gasteiger partial charge in [0.1, 0.15) is 11.0 Å². The minimum atomic E-state index is -0.691. The molecule has 0 bridgehead atoms. The molecule has 2 N–H and O–H groups in total. The number of anilines is 2. The number of aromatic nitrogens is 1. The molecule has 0 radical (unpaired) electrons. The Morgan fingerprint density at radius 2 is 1.66 bits per heavy atom. The Bertz CT molecular complexity index is 1580. The van der Waals surface area contributed by atoms with Crippen LogP contribution in [0.3, 0.4) is 0 Å². The number of para-hydroxylation sites is 2. The van der Waals surface area contributed by atoms with Crippen LogP contribution in [0.2, 0.25) is 0 Å². The molecule has 6 rings (SSSR count). The summed E-state index contributed by atoms with van der Waals surface area (Å²) < 4.78 is 5.77. The number of imide groups is 1. The first-order valence-corrected chi connectivity index (χ1v) is 13.6. The number of thioether (sulfide) groups is 1. The number of carbonyl (C=O) groups excluding carboxylic acids is 3. The molecule has 1 saturated heterocycles. The zero-order valence-corrected chi connectivity index (χ0v) is 21.5. The van der Waals surface area contributed by atoms with Crippen LogP contribution >= 0.6 is 23.1 Å². The smallest absolute Gasteiger partial charge is 0.305 e. The molecule has 1 fully saturated rings. The molecule has 2 aliphatic heterocycles. The molecule has 38 heavy (non-hydrogen) atoms. The van der Waals surface area contributed by atoms with Gasteiger partial charge in [-0.15, -0.1) is 0 Å². The van der Waals surface area contributed by atoms with Crippen LogP contribution < -0.4 is 19.8 Å². The Balaban J connectivity index is 1.30. The van der Waals surface area contributed by atoms with Crippen molar-refractivity contribution in [3.8, 4) is 5.75 Å². The molecule has 0 aliphatic carbocycles. The Kier molecular flexibility index (Phi) is 6.34. The molecule has 3 atom stereocenters. The quantitative estimate of drug-likeness (QED) is 0.352. The molecule has 0 spiro atoms. The number of thiazole rings is 1. The van der Waals surface area contributed by atoms with E-state index in [4.69, 9.17) is 4.74 Å². The molecule has 4 aromatic rings. The lowest BCUT2D eigenvalue weighted by Gasteiger charge is -2.30. The predicted octanol–water partition coefficient (Wildman–Crippen LogP) is 4.25. The van der Waals surface area contributed by atoms with Gasteiger partial charge in [0.05, 0.1) is 16.6 Å². The highest BCUT2D eigenvalue weighted by molar-refractivity contribution is 8.00. The SMILES string of the molecule is O=C(COc1cccc([C@@H]2c3sc(=O)[nH]c3S[C@H]3C(=O)N(c4ccccc4)C(=O)[C@@H]23)c1)Nc1ccccc1. The van der Waals surface area contributed by atoms with Crippen molar-refractivity contribution in [3.05, 3.63) is 105 Å². The van der Waals surface area contributed by atoms with Crippen molar-refractivity contribution in [1.29, 1.82) is 0 Å². The minimum absolute atomic E-state index is 0.202. The first kappa shape index (κ1) is 24.2. The van der Waals surface area contributed by atoms with Crippen molar-refractivity contribution in [2.45, 2.75) is 16.2 Å². The second-order valence-corrected chi connectivity index (χ2v) is 11.0. The molecule has 10 heteroatoms. The maximum atomic E-state index is 13.7. The number of carbonyl (C=O) groups is 3. The third-order valence-corrected chi connectivity index (χ3v) is 8.88. The van der Waals surface area contributed by atoms with E-state index in [0.29, 0.717) is 22.2 Å². The second-order valence-electron chi connectivity index (χ2n) is 8.87. The summed E-state index contributed by atoms with van der Waals surface area (Å²) in [6, 6.07) is 25.1. The highest BCUT2D eigenvalue weighted by atomic mass is 32.2. The summed E-state index contributed by atoms with van der Waals surface area (Å²) in [5.74, 6) is -1.68. The lowest BCUT2D eigenvalue weighted by Crippen LogP contribution is -2.32. The van der Waals surface area contributed by atoms with Crippen LogP contribution in [-0.2, 0) is 14.4 Å². The largest absolute Gasteiger partial charge is 0.484 e. The first-order chi connectivity index (χ1) is 18.5. The van der Waals surface area contributed by atoms with E-state index in [1.165, 1.54) is 16.7 Å². The van der Waals surface area contributed by atoms with Crippen molar-refractivity contribution in [1.82, 2.24) is 4.98 Å². The fourth-order valence-electron chi connectivity index (χ4n) is 4.87. The third-order valence-electron chi connectivity index (χ3n) is 6.48. The third kappa shape index (κ3) is 4.42. The lowest BCUT2D eigenvalue weighted by molar-refractivity contribution is -0.122. The van der Waals surface area contributed by atoms with Crippen LogP contribution in [0, 0.1) is 5.92 Å². The standard InChI is InChI=1S/C28H21N3O5S2/c32-20(29-17-9-3-1-4-10-17)15-36-19-13-7-8-16(14-19)21-22-24(37-25-23(21)38-28(35)30-25)27(34)31(26(22)33)18-11-5-2-6-12-18/h1-14,21-22,24H,15H2,(H,29,32)(H,30,35)/t21-,22-,24+/m0/s1. The average molecular weight is 544 g/mol. The van der Waals surface area contributed by atoms with Gasteiger partial charge >= 0.3 is 4.87 Å². The second kappa shape index (κ2) is 9.96. The summed E-state index contributed by atoms with van der Waals surface area (Å²) in [5, 5.41) is 2.71. The van der Waals surface area contributed by atoms with E-state index in [-0.39, 0.29) is 29.2 Å². The molecule has 8 nitrogen and oxygen atoms in total.